The Morgan fingerprint density at radius 1 is 0.871 bits per heavy atom. The molecule has 0 aliphatic heterocycles. The van der Waals surface area contributed by atoms with E-state index in [-0.39, 0.29) is 17.3 Å². The number of hydrogen-bond acceptors (Lipinski definition) is 4. The number of amides is 1. The highest BCUT2D eigenvalue weighted by Crippen LogP contribution is 2.24. The second-order valence-electron chi connectivity index (χ2n) is 7.27. The van der Waals surface area contributed by atoms with Crippen molar-refractivity contribution < 1.29 is 13.2 Å². The molecule has 31 heavy (non-hydrogen) atoms. The van der Waals surface area contributed by atoms with E-state index in [2.05, 4.69) is 5.32 Å². The summed E-state index contributed by atoms with van der Waals surface area (Å²) in [5.74, 6) is -0.359. The van der Waals surface area contributed by atoms with E-state index in [9.17, 15) is 13.2 Å². The first-order valence-electron chi connectivity index (χ1n) is 10.1. The average Bonchev–Trinajstić information content (AvgIpc) is 2.78. The molecule has 0 radical (unpaired) electrons. The Morgan fingerprint density at radius 3 is 2.13 bits per heavy atom. The number of aryl methyl sites for hydroxylation is 1. The Hall–Kier alpha value is -3.32. The molecule has 0 fully saturated rings. The normalized spacial score (nSPS) is 11.0. The number of nitrogens with zero attached hydrogens (tertiary/aromatic N) is 2. The Labute approximate surface area is 184 Å². The first-order chi connectivity index (χ1) is 14.9. The zero-order valence-corrected chi connectivity index (χ0v) is 18.5. The minimum absolute atomic E-state index is 0.146. The second kappa shape index (κ2) is 10.1. The van der Waals surface area contributed by atoms with E-state index in [4.69, 9.17) is 0 Å². The first-order valence-corrected chi connectivity index (χ1v) is 11.5. The highest BCUT2D eigenvalue weighted by Gasteiger charge is 2.27. The van der Waals surface area contributed by atoms with Crippen LogP contribution in [0.15, 0.2) is 89.8 Å². The zero-order valence-electron chi connectivity index (χ0n) is 17.7. The maximum absolute atomic E-state index is 13.3. The number of nitrogens with one attached hydrogen (secondary N) is 1. The van der Waals surface area contributed by atoms with Gasteiger partial charge in [-0.2, -0.15) is 0 Å². The summed E-state index contributed by atoms with van der Waals surface area (Å²) in [6.45, 7) is 2.59. The Bertz CT molecular complexity index is 1100. The van der Waals surface area contributed by atoms with Gasteiger partial charge in [0.05, 0.1) is 10.6 Å². The third-order valence-corrected chi connectivity index (χ3v) is 6.66. The van der Waals surface area contributed by atoms with E-state index in [0.717, 1.165) is 15.6 Å². The lowest BCUT2D eigenvalue weighted by molar-refractivity contribution is -0.119. The van der Waals surface area contributed by atoms with Crippen LogP contribution in [0.4, 0.5) is 11.4 Å². The first kappa shape index (κ1) is 22.4. The smallest absolute Gasteiger partial charge is 0.264 e. The van der Waals surface area contributed by atoms with Crippen molar-refractivity contribution in [3.63, 3.8) is 0 Å². The number of para-hydroxylation sites is 1. The maximum Gasteiger partial charge on any atom is 0.264 e. The van der Waals surface area contributed by atoms with Crippen LogP contribution < -0.4 is 14.5 Å². The summed E-state index contributed by atoms with van der Waals surface area (Å²) >= 11 is 0. The molecule has 0 saturated carbocycles. The molecule has 3 aromatic rings. The highest BCUT2D eigenvalue weighted by molar-refractivity contribution is 7.92. The van der Waals surface area contributed by atoms with Crippen molar-refractivity contribution in [2.24, 2.45) is 0 Å². The number of rotatable bonds is 9. The predicted octanol–water partition coefficient (Wildman–Crippen LogP) is 3.44. The van der Waals surface area contributed by atoms with Crippen LogP contribution in [0.3, 0.4) is 0 Å². The van der Waals surface area contributed by atoms with E-state index >= 15 is 0 Å². The van der Waals surface area contributed by atoms with Gasteiger partial charge in [-0.3, -0.25) is 9.10 Å². The van der Waals surface area contributed by atoms with Gasteiger partial charge in [-0.15, -0.1) is 0 Å². The van der Waals surface area contributed by atoms with Crippen molar-refractivity contribution in [3.8, 4) is 0 Å². The number of likely N-dealkylation sites (N-methyl/N-ethyl adjacent to an activating group) is 1. The zero-order chi connectivity index (χ0) is 22.3. The van der Waals surface area contributed by atoms with Crippen molar-refractivity contribution in [2.75, 3.05) is 35.9 Å². The van der Waals surface area contributed by atoms with Gasteiger partial charge in [0.2, 0.25) is 5.91 Å². The van der Waals surface area contributed by atoms with Gasteiger partial charge in [-0.1, -0.05) is 48.5 Å². The highest BCUT2D eigenvalue weighted by atomic mass is 32.2. The molecule has 7 heteroatoms. The standard InChI is InChI=1S/C24H27N3O3S/c1-20-10-9-13-22(18-20)27(31(29,30)23-14-7-4-8-15-23)19-24(28)25-16-17-26(2)21-11-5-3-6-12-21/h3-15,18H,16-17,19H2,1-2H3,(H,25,28). The predicted molar refractivity (Wildman–Crippen MR) is 125 cm³/mol. The summed E-state index contributed by atoms with van der Waals surface area (Å²) in [6.07, 6.45) is 0. The molecular formula is C24H27N3O3S. The minimum Gasteiger partial charge on any atom is -0.373 e. The van der Waals surface area contributed by atoms with Crippen molar-refractivity contribution in [2.45, 2.75) is 11.8 Å². The molecule has 0 aromatic heterocycles. The number of anilines is 2. The Kier molecular flexibility index (Phi) is 7.31. The van der Waals surface area contributed by atoms with Crippen LogP contribution >= 0.6 is 0 Å². The molecule has 0 saturated heterocycles. The van der Waals surface area contributed by atoms with Gasteiger partial charge in [-0.05, 0) is 48.9 Å². The molecule has 3 rings (SSSR count). The third kappa shape index (κ3) is 5.86. The van der Waals surface area contributed by atoms with Gasteiger partial charge in [0.25, 0.3) is 10.0 Å². The fraction of sp³-hybridized carbons (Fsp3) is 0.208. The molecule has 0 bridgehead atoms. The van der Waals surface area contributed by atoms with Crippen LogP contribution in [0.5, 0.6) is 0 Å². The van der Waals surface area contributed by atoms with Crippen molar-refractivity contribution >= 4 is 27.3 Å². The third-order valence-electron chi connectivity index (χ3n) is 4.87. The number of sulfonamides is 1. The minimum atomic E-state index is -3.89. The van der Waals surface area contributed by atoms with Crippen LogP contribution in [0.25, 0.3) is 0 Å². The molecule has 0 atom stereocenters. The van der Waals surface area contributed by atoms with E-state index in [1.807, 2.05) is 55.3 Å². The lowest BCUT2D eigenvalue weighted by atomic mass is 10.2. The molecule has 0 unspecified atom stereocenters. The van der Waals surface area contributed by atoms with Gasteiger partial charge < -0.3 is 10.2 Å². The van der Waals surface area contributed by atoms with Gasteiger partial charge in [-0.25, -0.2) is 8.42 Å². The van der Waals surface area contributed by atoms with Gasteiger partial charge in [0.15, 0.2) is 0 Å². The number of benzene rings is 3. The van der Waals surface area contributed by atoms with Crippen LogP contribution in [0.2, 0.25) is 0 Å². The Morgan fingerprint density at radius 2 is 1.48 bits per heavy atom. The van der Waals surface area contributed by atoms with E-state index in [1.54, 1.807) is 36.4 Å². The van der Waals surface area contributed by atoms with Gasteiger partial charge in [0.1, 0.15) is 6.54 Å². The monoisotopic (exact) mass is 437 g/mol. The van der Waals surface area contributed by atoms with Crippen molar-refractivity contribution in [1.29, 1.82) is 0 Å². The Balaban J connectivity index is 1.72. The number of hydrogen-bond donors (Lipinski definition) is 1. The van der Waals surface area contributed by atoms with Gasteiger partial charge >= 0.3 is 0 Å². The molecule has 0 spiro atoms. The van der Waals surface area contributed by atoms with Crippen LogP contribution in [-0.4, -0.2) is 41.0 Å². The molecule has 1 amide bonds. The summed E-state index contributed by atoms with van der Waals surface area (Å²) in [4.78, 5) is 14.8. The fourth-order valence-corrected chi connectivity index (χ4v) is 4.61. The molecule has 6 nitrogen and oxygen atoms in total. The van der Waals surface area contributed by atoms with Crippen molar-refractivity contribution in [1.82, 2.24) is 5.32 Å². The van der Waals surface area contributed by atoms with Crippen LogP contribution in [0, 0.1) is 6.92 Å². The van der Waals surface area contributed by atoms with E-state index < -0.39 is 10.0 Å². The molecule has 1 N–H and O–H groups in total. The quantitative estimate of drug-likeness (QED) is 0.557. The van der Waals surface area contributed by atoms with Crippen LogP contribution in [-0.2, 0) is 14.8 Å². The lowest BCUT2D eigenvalue weighted by Crippen LogP contribution is -2.42. The average molecular weight is 438 g/mol. The van der Waals surface area contributed by atoms with E-state index in [1.165, 1.54) is 12.1 Å². The maximum atomic E-state index is 13.3. The molecular weight excluding hydrogens is 410 g/mol. The number of carbonyl (C=O) groups excluding carboxylic acids is 1. The second-order valence-corrected chi connectivity index (χ2v) is 9.13. The molecule has 0 heterocycles. The summed E-state index contributed by atoms with van der Waals surface area (Å²) in [6, 6.07) is 25.1. The summed E-state index contributed by atoms with van der Waals surface area (Å²) < 4.78 is 27.7. The molecule has 0 aliphatic carbocycles. The lowest BCUT2D eigenvalue weighted by Gasteiger charge is -2.25. The van der Waals surface area contributed by atoms with Gasteiger partial charge in [0, 0.05) is 25.8 Å². The van der Waals surface area contributed by atoms with Crippen LogP contribution in [0.1, 0.15) is 5.56 Å². The van der Waals surface area contributed by atoms with E-state index in [0.29, 0.717) is 18.8 Å². The SMILES string of the molecule is Cc1cccc(N(CC(=O)NCCN(C)c2ccccc2)S(=O)(=O)c2ccccc2)c1. The summed E-state index contributed by atoms with van der Waals surface area (Å²) in [7, 11) is -1.94. The molecule has 0 aliphatic rings. The topological polar surface area (TPSA) is 69.7 Å². The molecule has 162 valence electrons. The number of carbonyl (C=O) groups is 1. The fourth-order valence-electron chi connectivity index (χ4n) is 3.18. The summed E-state index contributed by atoms with van der Waals surface area (Å²) in [5, 5.41) is 2.84. The molecule has 3 aromatic carbocycles. The largest absolute Gasteiger partial charge is 0.373 e. The van der Waals surface area contributed by atoms with Crippen molar-refractivity contribution in [3.05, 3.63) is 90.5 Å². The summed E-state index contributed by atoms with van der Waals surface area (Å²) in [5.41, 5.74) is 2.42.